The lowest BCUT2D eigenvalue weighted by Gasteiger charge is -2.06. The number of nitrogens with zero attached hydrogens (tertiary/aromatic N) is 1. The van der Waals surface area contributed by atoms with Crippen LogP contribution in [0.3, 0.4) is 0 Å². The van der Waals surface area contributed by atoms with E-state index in [4.69, 9.17) is 0 Å². The first-order chi connectivity index (χ1) is 12.1. The van der Waals surface area contributed by atoms with Crippen molar-refractivity contribution in [1.82, 2.24) is 5.32 Å². The minimum absolute atomic E-state index is 0.00394. The van der Waals surface area contributed by atoms with Crippen LogP contribution in [-0.4, -0.2) is 28.9 Å². The van der Waals surface area contributed by atoms with E-state index in [0.717, 1.165) is 17.1 Å². The van der Waals surface area contributed by atoms with Crippen molar-refractivity contribution in [2.75, 3.05) is 18.1 Å². The van der Waals surface area contributed by atoms with E-state index in [-0.39, 0.29) is 11.6 Å². The van der Waals surface area contributed by atoms with Crippen LogP contribution >= 0.6 is 23.5 Å². The molecule has 1 N–H and O–H groups in total. The van der Waals surface area contributed by atoms with Gasteiger partial charge < -0.3 is 5.32 Å². The van der Waals surface area contributed by atoms with E-state index in [0.29, 0.717) is 18.1 Å². The maximum Gasteiger partial charge on any atom is 0.269 e. The zero-order chi connectivity index (χ0) is 17.9. The van der Waals surface area contributed by atoms with E-state index in [1.165, 1.54) is 23.4 Å². The third kappa shape index (κ3) is 7.62. The number of rotatable bonds is 10. The highest BCUT2D eigenvalue weighted by molar-refractivity contribution is 7.99. The molecular formula is C18H20N2O3S2. The third-order valence-corrected chi connectivity index (χ3v) is 5.34. The van der Waals surface area contributed by atoms with Gasteiger partial charge in [0.25, 0.3) is 5.69 Å². The highest BCUT2D eigenvalue weighted by atomic mass is 32.2. The van der Waals surface area contributed by atoms with Crippen LogP contribution in [0.25, 0.3) is 0 Å². The maximum atomic E-state index is 11.8. The van der Waals surface area contributed by atoms with Gasteiger partial charge in [-0.2, -0.15) is 11.8 Å². The molecule has 25 heavy (non-hydrogen) atoms. The van der Waals surface area contributed by atoms with Crippen molar-refractivity contribution in [3.05, 3.63) is 75.8 Å². The molecule has 0 saturated carbocycles. The first kappa shape index (κ1) is 19.3. The van der Waals surface area contributed by atoms with Gasteiger partial charge in [-0.3, -0.25) is 14.9 Å². The van der Waals surface area contributed by atoms with Gasteiger partial charge >= 0.3 is 0 Å². The van der Waals surface area contributed by atoms with Crippen molar-refractivity contribution in [2.24, 2.45) is 0 Å². The van der Waals surface area contributed by atoms with Crippen molar-refractivity contribution in [3.63, 3.8) is 0 Å². The Hall–Kier alpha value is -1.99. The summed E-state index contributed by atoms with van der Waals surface area (Å²) in [4.78, 5) is 22.1. The van der Waals surface area contributed by atoms with Crippen LogP contribution in [0.1, 0.15) is 11.1 Å². The second-order valence-corrected chi connectivity index (χ2v) is 7.40. The number of nitro benzene ring substituents is 1. The Morgan fingerprint density at radius 1 is 1.00 bits per heavy atom. The highest BCUT2D eigenvalue weighted by Crippen LogP contribution is 2.18. The Morgan fingerprint density at radius 2 is 1.72 bits per heavy atom. The van der Waals surface area contributed by atoms with Crippen LogP contribution in [0.4, 0.5) is 5.69 Å². The normalized spacial score (nSPS) is 10.4. The molecule has 132 valence electrons. The lowest BCUT2D eigenvalue weighted by molar-refractivity contribution is -0.384. The van der Waals surface area contributed by atoms with Crippen molar-refractivity contribution in [3.8, 4) is 0 Å². The molecule has 0 aliphatic heterocycles. The van der Waals surface area contributed by atoms with Gasteiger partial charge in [0.1, 0.15) is 0 Å². The molecular weight excluding hydrogens is 356 g/mol. The molecule has 0 saturated heterocycles. The van der Waals surface area contributed by atoms with Crippen LogP contribution in [0.5, 0.6) is 0 Å². The molecule has 2 rings (SSSR count). The van der Waals surface area contributed by atoms with E-state index in [1.54, 1.807) is 23.9 Å². The summed E-state index contributed by atoms with van der Waals surface area (Å²) in [7, 11) is 0. The number of nitro groups is 1. The average Bonchev–Trinajstić information content (AvgIpc) is 2.62. The Balaban J connectivity index is 1.56. The Labute approximate surface area is 155 Å². The molecule has 1 amide bonds. The Bertz CT molecular complexity index is 696. The lowest BCUT2D eigenvalue weighted by Crippen LogP contribution is -2.27. The van der Waals surface area contributed by atoms with Gasteiger partial charge in [0.2, 0.25) is 5.91 Å². The number of carbonyl (C=O) groups excluding carboxylic acids is 1. The van der Waals surface area contributed by atoms with Crippen molar-refractivity contribution in [1.29, 1.82) is 0 Å². The molecule has 0 radical (unpaired) electrons. The minimum atomic E-state index is -0.409. The van der Waals surface area contributed by atoms with E-state index in [9.17, 15) is 14.9 Å². The van der Waals surface area contributed by atoms with Crippen molar-refractivity contribution < 1.29 is 9.72 Å². The number of carbonyl (C=O) groups is 1. The van der Waals surface area contributed by atoms with Crippen molar-refractivity contribution in [2.45, 2.75) is 11.5 Å². The quantitative estimate of drug-likeness (QED) is 0.387. The number of hydrogen-bond acceptors (Lipinski definition) is 5. The number of nitrogens with one attached hydrogen (secondary N) is 1. The number of thioether (sulfide) groups is 2. The molecule has 0 unspecified atom stereocenters. The summed E-state index contributed by atoms with van der Waals surface area (Å²) in [5.74, 6) is 2.74. The topological polar surface area (TPSA) is 72.2 Å². The maximum absolute atomic E-state index is 11.8. The summed E-state index contributed by atoms with van der Waals surface area (Å²) < 4.78 is 0. The molecule has 0 heterocycles. The fourth-order valence-electron chi connectivity index (χ4n) is 2.10. The predicted molar refractivity (Wildman–Crippen MR) is 105 cm³/mol. The Morgan fingerprint density at radius 3 is 2.48 bits per heavy atom. The fraction of sp³-hybridized carbons (Fsp3) is 0.278. The van der Waals surface area contributed by atoms with Gasteiger partial charge in [-0.15, -0.1) is 11.8 Å². The van der Waals surface area contributed by atoms with E-state index in [1.807, 2.05) is 24.3 Å². The SMILES string of the molecule is O=C(CSCc1cccc([N+](=O)[O-])c1)NCCSCc1ccccc1. The summed E-state index contributed by atoms with van der Waals surface area (Å²) in [6, 6.07) is 16.7. The number of hydrogen-bond donors (Lipinski definition) is 1. The van der Waals surface area contributed by atoms with Gasteiger partial charge in [0, 0.05) is 35.9 Å². The highest BCUT2D eigenvalue weighted by Gasteiger charge is 2.06. The molecule has 5 nitrogen and oxygen atoms in total. The van der Waals surface area contributed by atoms with E-state index >= 15 is 0 Å². The predicted octanol–water partition coefficient (Wildman–Crippen LogP) is 3.88. The average molecular weight is 377 g/mol. The van der Waals surface area contributed by atoms with Gasteiger partial charge in [-0.25, -0.2) is 0 Å². The van der Waals surface area contributed by atoms with Gasteiger partial charge in [-0.05, 0) is 11.1 Å². The summed E-state index contributed by atoms with van der Waals surface area (Å²) in [6.45, 7) is 0.647. The monoisotopic (exact) mass is 376 g/mol. The van der Waals surface area contributed by atoms with E-state index in [2.05, 4.69) is 17.4 Å². The van der Waals surface area contributed by atoms with Gasteiger partial charge in [0.05, 0.1) is 10.7 Å². The molecule has 0 aliphatic carbocycles. The summed E-state index contributed by atoms with van der Waals surface area (Å²) in [5, 5.41) is 13.6. The third-order valence-electron chi connectivity index (χ3n) is 3.30. The number of benzene rings is 2. The standard InChI is InChI=1S/C18H20N2O3S2/c21-18(19-9-10-24-12-15-5-2-1-3-6-15)14-25-13-16-7-4-8-17(11-16)20(22)23/h1-8,11H,9-10,12-14H2,(H,19,21). The molecule has 0 aliphatic rings. The lowest BCUT2D eigenvalue weighted by atomic mass is 10.2. The van der Waals surface area contributed by atoms with Crippen LogP contribution in [0, 0.1) is 10.1 Å². The summed E-state index contributed by atoms with van der Waals surface area (Å²) in [6.07, 6.45) is 0. The van der Waals surface area contributed by atoms with Crippen LogP contribution in [-0.2, 0) is 16.3 Å². The molecule has 0 aromatic heterocycles. The van der Waals surface area contributed by atoms with Crippen LogP contribution in [0.15, 0.2) is 54.6 Å². The number of amides is 1. The molecule has 2 aromatic carbocycles. The Kier molecular flexibility index (Phi) is 8.34. The minimum Gasteiger partial charge on any atom is -0.355 e. The van der Waals surface area contributed by atoms with Crippen LogP contribution in [0.2, 0.25) is 0 Å². The summed E-state index contributed by atoms with van der Waals surface area (Å²) >= 11 is 3.24. The molecule has 2 aromatic rings. The molecule has 7 heteroatoms. The second-order valence-electron chi connectivity index (χ2n) is 5.31. The first-order valence-corrected chi connectivity index (χ1v) is 10.2. The van der Waals surface area contributed by atoms with E-state index < -0.39 is 4.92 Å². The van der Waals surface area contributed by atoms with Gasteiger partial charge in [0.15, 0.2) is 0 Å². The largest absolute Gasteiger partial charge is 0.355 e. The zero-order valence-electron chi connectivity index (χ0n) is 13.7. The molecule has 0 atom stereocenters. The van der Waals surface area contributed by atoms with Crippen LogP contribution < -0.4 is 5.32 Å². The molecule has 0 fully saturated rings. The fourth-order valence-corrected chi connectivity index (χ4v) is 3.72. The molecule has 0 spiro atoms. The molecule has 0 bridgehead atoms. The second kappa shape index (κ2) is 10.8. The first-order valence-electron chi connectivity index (χ1n) is 7.84. The zero-order valence-corrected chi connectivity index (χ0v) is 15.4. The number of non-ortho nitro benzene ring substituents is 1. The smallest absolute Gasteiger partial charge is 0.269 e. The van der Waals surface area contributed by atoms with Gasteiger partial charge in [-0.1, -0.05) is 42.5 Å². The summed E-state index contributed by atoms with van der Waals surface area (Å²) in [5.41, 5.74) is 2.22. The van der Waals surface area contributed by atoms with Crippen molar-refractivity contribution >= 4 is 35.1 Å².